The standard InChI is InChI=1S/C14H18N2O3/c1-19-12(8-2-3-8)13-15-7-10-6-9(14(17)18)4-5-11(10)16-13/h7-9,12H,2-6H2,1H3,(H,17,18). The van der Waals surface area contributed by atoms with Crippen molar-refractivity contribution in [1.29, 1.82) is 0 Å². The van der Waals surface area contributed by atoms with Crippen LogP contribution in [-0.2, 0) is 22.4 Å². The zero-order valence-corrected chi connectivity index (χ0v) is 11.0. The first-order valence-corrected chi connectivity index (χ1v) is 6.79. The molecular formula is C14H18N2O3. The molecule has 0 bridgehead atoms. The Morgan fingerprint density at radius 3 is 2.89 bits per heavy atom. The zero-order valence-electron chi connectivity index (χ0n) is 11.0. The second-order valence-electron chi connectivity index (χ2n) is 5.47. The Morgan fingerprint density at radius 1 is 1.47 bits per heavy atom. The van der Waals surface area contributed by atoms with Gasteiger partial charge in [-0.1, -0.05) is 0 Å². The van der Waals surface area contributed by atoms with Crippen LogP contribution in [0.25, 0.3) is 0 Å². The van der Waals surface area contributed by atoms with Crippen molar-refractivity contribution >= 4 is 5.97 Å². The second kappa shape index (κ2) is 4.89. The highest BCUT2D eigenvalue weighted by molar-refractivity contribution is 5.70. The SMILES string of the molecule is COC(c1ncc2c(n1)CCC(C(=O)O)C2)C1CC1. The minimum absolute atomic E-state index is 0.00231. The summed E-state index contributed by atoms with van der Waals surface area (Å²) in [6.45, 7) is 0. The van der Waals surface area contributed by atoms with Crippen molar-refractivity contribution in [3.8, 4) is 0 Å². The van der Waals surface area contributed by atoms with Crippen molar-refractivity contribution < 1.29 is 14.6 Å². The third-order valence-corrected chi connectivity index (χ3v) is 4.08. The van der Waals surface area contributed by atoms with Gasteiger partial charge in [0.05, 0.1) is 5.92 Å². The number of carboxylic acid groups (broad SMARTS) is 1. The molecule has 2 atom stereocenters. The van der Waals surface area contributed by atoms with E-state index in [0.717, 1.165) is 23.5 Å². The van der Waals surface area contributed by atoms with Crippen LogP contribution in [-0.4, -0.2) is 28.2 Å². The minimum atomic E-state index is -0.720. The van der Waals surface area contributed by atoms with E-state index in [4.69, 9.17) is 9.84 Å². The van der Waals surface area contributed by atoms with Crippen molar-refractivity contribution in [3.05, 3.63) is 23.3 Å². The predicted molar refractivity (Wildman–Crippen MR) is 67.7 cm³/mol. The summed E-state index contributed by atoms with van der Waals surface area (Å²) in [6.07, 6.45) is 6.10. The normalized spacial score (nSPS) is 23.7. The zero-order chi connectivity index (χ0) is 13.4. The van der Waals surface area contributed by atoms with Crippen molar-refractivity contribution in [2.75, 3.05) is 7.11 Å². The van der Waals surface area contributed by atoms with Crippen LogP contribution >= 0.6 is 0 Å². The van der Waals surface area contributed by atoms with Gasteiger partial charge in [-0.25, -0.2) is 9.97 Å². The topological polar surface area (TPSA) is 72.3 Å². The molecule has 0 aromatic carbocycles. The average Bonchev–Trinajstić information content (AvgIpc) is 3.23. The van der Waals surface area contributed by atoms with Crippen LogP contribution in [0.2, 0.25) is 0 Å². The molecule has 1 aromatic heterocycles. The molecule has 0 amide bonds. The molecule has 0 saturated heterocycles. The summed E-state index contributed by atoms with van der Waals surface area (Å²) in [5, 5.41) is 9.06. The van der Waals surface area contributed by atoms with Gasteiger partial charge in [-0.05, 0) is 43.6 Å². The number of aliphatic carboxylic acids is 1. The first-order chi connectivity index (χ1) is 9.19. The first-order valence-electron chi connectivity index (χ1n) is 6.79. The van der Waals surface area contributed by atoms with Crippen LogP contribution in [0.5, 0.6) is 0 Å². The van der Waals surface area contributed by atoms with E-state index < -0.39 is 5.97 Å². The molecule has 1 fully saturated rings. The van der Waals surface area contributed by atoms with Crippen molar-refractivity contribution in [2.24, 2.45) is 11.8 Å². The van der Waals surface area contributed by atoms with Gasteiger partial charge in [0, 0.05) is 19.0 Å². The van der Waals surface area contributed by atoms with E-state index >= 15 is 0 Å². The molecule has 2 aliphatic rings. The number of carbonyl (C=O) groups is 1. The lowest BCUT2D eigenvalue weighted by atomic mass is 9.87. The van der Waals surface area contributed by atoms with E-state index in [9.17, 15) is 4.79 Å². The van der Waals surface area contributed by atoms with Gasteiger partial charge in [0.15, 0.2) is 5.82 Å². The van der Waals surface area contributed by atoms with Gasteiger partial charge < -0.3 is 9.84 Å². The fourth-order valence-corrected chi connectivity index (χ4v) is 2.78. The summed E-state index contributed by atoms with van der Waals surface area (Å²) in [4.78, 5) is 20.0. The van der Waals surface area contributed by atoms with Gasteiger partial charge in [0.25, 0.3) is 0 Å². The van der Waals surface area contributed by atoms with Crippen molar-refractivity contribution in [2.45, 2.75) is 38.2 Å². The number of aromatic nitrogens is 2. The maximum atomic E-state index is 11.0. The molecule has 5 nitrogen and oxygen atoms in total. The number of rotatable bonds is 4. The third-order valence-electron chi connectivity index (χ3n) is 4.08. The molecule has 102 valence electrons. The molecule has 1 aromatic rings. The van der Waals surface area contributed by atoms with Gasteiger partial charge in [-0.15, -0.1) is 0 Å². The summed E-state index contributed by atoms with van der Waals surface area (Å²) >= 11 is 0. The van der Waals surface area contributed by atoms with E-state index in [1.54, 1.807) is 13.3 Å². The molecular weight excluding hydrogens is 244 g/mol. The van der Waals surface area contributed by atoms with Gasteiger partial charge in [0.2, 0.25) is 0 Å². The van der Waals surface area contributed by atoms with Gasteiger partial charge in [-0.2, -0.15) is 0 Å². The number of ether oxygens (including phenoxy) is 1. The number of hydrogen-bond donors (Lipinski definition) is 1. The predicted octanol–water partition coefficient (Wildman–Crippen LogP) is 1.76. The number of hydrogen-bond acceptors (Lipinski definition) is 4. The van der Waals surface area contributed by atoms with Crippen LogP contribution in [0.3, 0.4) is 0 Å². The molecule has 1 heterocycles. The number of methoxy groups -OCH3 is 1. The smallest absolute Gasteiger partial charge is 0.306 e. The van der Waals surface area contributed by atoms with E-state index in [-0.39, 0.29) is 12.0 Å². The van der Waals surface area contributed by atoms with E-state index in [1.807, 2.05) is 0 Å². The summed E-state index contributed by atoms with van der Waals surface area (Å²) in [7, 11) is 1.70. The van der Waals surface area contributed by atoms with Crippen molar-refractivity contribution in [3.63, 3.8) is 0 Å². The lowest BCUT2D eigenvalue weighted by molar-refractivity contribution is -0.142. The van der Waals surface area contributed by atoms with Crippen LogP contribution in [0.4, 0.5) is 0 Å². The lowest BCUT2D eigenvalue weighted by Gasteiger charge is -2.22. The number of aryl methyl sites for hydroxylation is 1. The Kier molecular flexibility index (Phi) is 3.22. The Morgan fingerprint density at radius 2 is 2.26 bits per heavy atom. The second-order valence-corrected chi connectivity index (χ2v) is 5.47. The fourth-order valence-electron chi connectivity index (χ4n) is 2.78. The first kappa shape index (κ1) is 12.5. The molecule has 2 aliphatic carbocycles. The van der Waals surface area contributed by atoms with Gasteiger partial charge in [-0.3, -0.25) is 4.79 Å². The Hall–Kier alpha value is -1.49. The quantitative estimate of drug-likeness (QED) is 0.895. The average molecular weight is 262 g/mol. The van der Waals surface area contributed by atoms with E-state index in [1.165, 1.54) is 12.8 Å². The molecule has 0 radical (unpaired) electrons. The molecule has 0 aliphatic heterocycles. The number of fused-ring (bicyclic) bond motifs is 1. The van der Waals surface area contributed by atoms with Crippen LogP contribution in [0.1, 0.15) is 42.4 Å². The van der Waals surface area contributed by atoms with E-state index in [2.05, 4.69) is 9.97 Å². The van der Waals surface area contributed by atoms with Crippen LogP contribution < -0.4 is 0 Å². The molecule has 0 spiro atoms. The fraction of sp³-hybridized carbons (Fsp3) is 0.643. The molecule has 5 heteroatoms. The minimum Gasteiger partial charge on any atom is -0.481 e. The number of nitrogens with zero attached hydrogens (tertiary/aromatic N) is 2. The van der Waals surface area contributed by atoms with Crippen molar-refractivity contribution in [1.82, 2.24) is 9.97 Å². The molecule has 1 saturated carbocycles. The summed E-state index contributed by atoms with van der Waals surface area (Å²) in [5.41, 5.74) is 1.98. The monoisotopic (exact) mass is 262 g/mol. The maximum Gasteiger partial charge on any atom is 0.306 e. The largest absolute Gasteiger partial charge is 0.481 e. The van der Waals surface area contributed by atoms with Crippen LogP contribution in [0, 0.1) is 11.8 Å². The summed E-state index contributed by atoms with van der Waals surface area (Å²) in [5.74, 6) is 0.307. The summed E-state index contributed by atoms with van der Waals surface area (Å²) < 4.78 is 5.49. The highest BCUT2D eigenvalue weighted by Gasteiger charge is 2.35. The Labute approximate surface area is 112 Å². The summed E-state index contributed by atoms with van der Waals surface area (Å²) in [6, 6.07) is 0. The lowest BCUT2D eigenvalue weighted by Crippen LogP contribution is -2.24. The van der Waals surface area contributed by atoms with Gasteiger partial charge in [0.1, 0.15) is 6.10 Å². The molecule has 19 heavy (non-hydrogen) atoms. The highest BCUT2D eigenvalue weighted by atomic mass is 16.5. The molecule has 2 unspecified atom stereocenters. The third kappa shape index (κ3) is 2.47. The van der Waals surface area contributed by atoms with Gasteiger partial charge >= 0.3 is 5.97 Å². The van der Waals surface area contributed by atoms with E-state index in [0.29, 0.717) is 18.8 Å². The molecule has 1 N–H and O–H groups in total. The van der Waals surface area contributed by atoms with Crippen LogP contribution in [0.15, 0.2) is 6.20 Å². The highest BCUT2D eigenvalue weighted by Crippen LogP contribution is 2.42. The Balaban J connectivity index is 1.82. The Bertz CT molecular complexity index is 499. The molecule has 3 rings (SSSR count). The number of carboxylic acids is 1. The maximum absolute atomic E-state index is 11.0.